The van der Waals surface area contributed by atoms with Crippen molar-refractivity contribution in [1.29, 1.82) is 0 Å². The molecule has 3 heteroatoms. The summed E-state index contributed by atoms with van der Waals surface area (Å²) in [5.41, 5.74) is 3.77. The highest BCUT2D eigenvalue weighted by Crippen LogP contribution is 2.09. The van der Waals surface area contributed by atoms with Gasteiger partial charge < -0.3 is 17.7 Å². The van der Waals surface area contributed by atoms with Gasteiger partial charge in [-0.25, -0.2) is 0 Å². The smallest absolute Gasteiger partial charge is 0.192 e. The van der Waals surface area contributed by atoms with E-state index in [1.165, 1.54) is 16.8 Å². The minimum Gasteiger partial charge on any atom is -1.00 e. The van der Waals surface area contributed by atoms with Crippen LogP contribution in [0.15, 0.2) is 48.8 Å². The van der Waals surface area contributed by atoms with E-state index >= 15 is 0 Å². The number of hydrogen-bond acceptors (Lipinski definition) is 1. The number of aryl methyl sites for hydroxylation is 1. The standard InChI is InChI=1S/C14H17N2.ClH/c1-12-8-9-16(11-14(12)15-2)10-13-6-4-3-5-7-13;/h3-9,11,15H,10H2,1-2H3;1H/q+1;/p-1. The van der Waals surface area contributed by atoms with Crippen LogP contribution in [-0.2, 0) is 6.54 Å². The van der Waals surface area contributed by atoms with Crippen LogP contribution < -0.4 is 22.3 Å². The number of pyridine rings is 1. The summed E-state index contributed by atoms with van der Waals surface area (Å²) in [7, 11) is 1.95. The molecule has 2 rings (SSSR count). The molecule has 1 aromatic carbocycles. The third kappa shape index (κ3) is 3.46. The Labute approximate surface area is 109 Å². The van der Waals surface area contributed by atoms with Gasteiger partial charge in [-0.1, -0.05) is 30.3 Å². The van der Waals surface area contributed by atoms with Gasteiger partial charge >= 0.3 is 0 Å². The molecule has 0 bridgehead atoms. The minimum atomic E-state index is 0. The fourth-order valence-electron chi connectivity index (χ4n) is 1.76. The molecule has 0 spiro atoms. The van der Waals surface area contributed by atoms with Gasteiger partial charge in [-0.2, -0.15) is 4.57 Å². The topological polar surface area (TPSA) is 15.9 Å². The van der Waals surface area contributed by atoms with Crippen molar-refractivity contribution in [2.24, 2.45) is 0 Å². The summed E-state index contributed by atoms with van der Waals surface area (Å²) in [5, 5.41) is 3.20. The van der Waals surface area contributed by atoms with Gasteiger partial charge in [0.15, 0.2) is 18.9 Å². The molecule has 0 amide bonds. The second-order valence-electron chi connectivity index (χ2n) is 3.95. The highest BCUT2D eigenvalue weighted by molar-refractivity contribution is 5.45. The number of halogens is 1. The van der Waals surface area contributed by atoms with Crippen molar-refractivity contribution in [3.63, 3.8) is 0 Å². The maximum Gasteiger partial charge on any atom is 0.192 e. The molecule has 0 unspecified atom stereocenters. The summed E-state index contributed by atoms with van der Waals surface area (Å²) in [6.07, 6.45) is 4.26. The van der Waals surface area contributed by atoms with Gasteiger partial charge in [-0.3, -0.25) is 0 Å². The molecule has 2 nitrogen and oxygen atoms in total. The average molecular weight is 249 g/mol. The first-order valence-corrected chi connectivity index (χ1v) is 5.51. The number of aromatic nitrogens is 1. The maximum atomic E-state index is 3.20. The zero-order valence-corrected chi connectivity index (χ0v) is 10.9. The molecule has 0 atom stereocenters. The highest BCUT2D eigenvalue weighted by Gasteiger charge is 2.05. The van der Waals surface area contributed by atoms with E-state index in [0.29, 0.717) is 0 Å². The van der Waals surface area contributed by atoms with Gasteiger partial charge in [-0.05, 0) is 12.5 Å². The number of hydrogen-bond donors (Lipinski definition) is 1. The van der Waals surface area contributed by atoms with Crippen molar-refractivity contribution in [2.75, 3.05) is 12.4 Å². The molecular formula is C14H17ClN2. The summed E-state index contributed by atoms with van der Waals surface area (Å²) in [6.45, 7) is 3.02. The van der Waals surface area contributed by atoms with Gasteiger partial charge in [0.1, 0.15) is 5.69 Å². The monoisotopic (exact) mass is 248 g/mol. The first-order chi connectivity index (χ1) is 7.79. The molecule has 0 saturated carbocycles. The number of rotatable bonds is 3. The number of benzene rings is 1. The molecular weight excluding hydrogens is 232 g/mol. The normalized spacial score (nSPS) is 9.53. The van der Waals surface area contributed by atoms with E-state index in [-0.39, 0.29) is 12.4 Å². The van der Waals surface area contributed by atoms with Crippen molar-refractivity contribution in [3.8, 4) is 0 Å². The van der Waals surface area contributed by atoms with Crippen LogP contribution in [0.25, 0.3) is 0 Å². The van der Waals surface area contributed by atoms with E-state index in [1.54, 1.807) is 0 Å². The van der Waals surface area contributed by atoms with Crippen LogP contribution in [0.4, 0.5) is 5.69 Å². The van der Waals surface area contributed by atoms with E-state index < -0.39 is 0 Å². The molecule has 0 aliphatic carbocycles. The Hall–Kier alpha value is -1.54. The maximum absolute atomic E-state index is 3.20. The summed E-state index contributed by atoms with van der Waals surface area (Å²) in [6, 6.07) is 12.6. The number of nitrogens with zero attached hydrogens (tertiary/aromatic N) is 1. The van der Waals surface area contributed by atoms with E-state index in [2.05, 4.69) is 59.5 Å². The average Bonchev–Trinajstić information content (AvgIpc) is 2.33. The summed E-state index contributed by atoms with van der Waals surface area (Å²) in [4.78, 5) is 0. The van der Waals surface area contributed by atoms with Gasteiger partial charge in [0, 0.05) is 18.7 Å². The largest absolute Gasteiger partial charge is 1.00 e. The summed E-state index contributed by atoms with van der Waals surface area (Å²) >= 11 is 0. The highest BCUT2D eigenvalue weighted by atomic mass is 35.5. The van der Waals surface area contributed by atoms with Crippen LogP contribution in [0.3, 0.4) is 0 Å². The molecule has 1 aromatic heterocycles. The van der Waals surface area contributed by atoms with E-state index in [9.17, 15) is 0 Å². The fourth-order valence-corrected chi connectivity index (χ4v) is 1.76. The van der Waals surface area contributed by atoms with E-state index in [0.717, 1.165) is 6.54 Å². The molecule has 1 heterocycles. The molecule has 1 N–H and O–H groups in total. The van der Waals surface area contributed by atoms with Crippen molar-refractivity contribution in [2.45, 2.75) is 13.5 Å². The fraction of sp³-hybridized carbons (Fsp3) is 0.214. The minimum absolute atomic E-state index is 0. The second-order valence-corrected chi connectivity index (χ2v) is 3.95. The predicted octanol–water partition coefficient (Wildman–Crippen LogP) is -0.623. The molecule has 0 saturated heterocycles. The molecule has 17 heavy (non-hydrogen) atoms. The number of anilines is 1. The zero-order valence-electron chi connectivity index (χ0n) is 10.2. The van der Waals surface area contributed by atoms with Crippen molar-refractivity contribution in [3.05, 3.63) is 59.9 Å². The van der Waals surface area contributed by atoms with Crippen LogP contribution in [0.2, 0.25) is 0 Å². The first kappa shape index (κ1) is 13.5. The molecule has 0 fully saturated rings. The quantitative estimate of drug-likeness (QED) is 0.716. The lowest BCUT2D eigenvalue weighted by Crippen LogP contribution is -3.00. The van der Waals surface area contributed by atoms with Crippen LogP contribution >= 0.6 is 0 Å². The van der Waals surface area contributed by atoms with Crippen molar-refractivity contribution in [1.82, 2.24) is 0 Å². The number of nitrogens with one attached hydrogen (secondary N) is 1. The molecule has 0 aliphatic rings. The van der Waals surface area contributed by atoms with Crippen molar-refractivity contribution < 1.29 is 17.0 Å². The lowest BCUT2D eigenvalue weighted by Gasteiger charge is -2.03. The molecule has 0 aliphatic heterocycles. The lowest BCUT2D eigenvalue weighted by molar-refractivity contribution is -0.687. The Morgan fingerprint density at radius 3 is 2.47 bits per heavy atom. The molecule has 90 valence electrons. The lowest BCUT2D eigenvalue weighted by atomic mass is 10.2. The second kappa shape index (κ2) is 6.26. The van der Waals surface area contributed by atoms with E-state index in [1.807, 2.05) is 13.1 Å². The Bertz CT molecular complexity index is 469. The third-order valence-corrected chi connectivity index (χ3v) is 2.71. The molecule has 0 radical (unpaired) electrons. The Morgan fingerprint density at radius 1 is 1.12 bits per heavy atom. The van der Waals surface area contributed by atoms with Crippen LogP contribution in [0, 0.1) is 6.92 Å². The predicted molar refractivity (Wildman–Crippen MR) is 66.5 cm³/mol. The summed E-state index contributed by atoms with van der Waals surface area (Å²) in [5.74, 6) is 0. The van der Waals surface area contributed by atoms with Gasteiger partial charge in [0.25, 0.3) is 0 Å². The first-order valence-electron chi connectivity index (χ1n) is 5.51. The van der Waals surface area contributed by atoms with Gasteiger partial charge in [-0.15, -0.1) is 0 Å². The Morgan fingerprint density at radius 2 is 1.82 bits per heavy atom. The van der Waals surface area contributed by atoms with Crippen LogP contribution in [0.1, 0.15) is 11.1 Å². The third-order valence-electron chi connectivity index (χ3n) is 2.71. The molecule has 2 aromatic rings. The van der Waals surface area contributed by atoms with Gasteiger partial charge in [0.2, 0.25) is 0 Å². The summed E-state index contributed by atoms with van der Waals surface area (Å²) < 4.78 is 2.19. The van der Waals surface area contributed by atoms with Gasteiger partial charge in [0.05, 0.1) is 0 Å². The van der Waals surface area contributed by atoms with Crippen LogP contribution in [-0.4, -0.2) is 7.05 Å². The van der Waals surface area contributed by atoms with Crippen molar-refractivity contribution >= 4 is 5.69 Å². The Kier molecular flexibility index (Phi) is 4.98. The van der Waals surface area contributed by atoms with Crippen LogP contribution in [0.5, 0.6) is 0 Å². The SMILES string of the molecule is CNc1c[n+](Cc2ccccc2)ccc1C.[Cl-]. The Balaban J connectivity index is 0.00000144. The van der Waals surface area contributed by atoms with E-state index in [4.69, 9.17) is 0 Å². The zero-order chi connectivity index (χ0) is 11.4.